The van der Waals surface area contributed by atoms with Gasteiger partial charge in [0, 0.05) is 31.1 Å². The Hall–Kier alpha value is -1.65. The molecule has 2 heterocycles. The maximum absolute atomic E-state index is 12.7. The lowest BCUT2D eigenvalue weighted by Crippen LogP contribution is -2.76. The number of ketones is 1. The topological polar surface area (TPSA) is 49.8 Å². The summed E-state index contributed by atoms with van der Waals surface area (Å²) >= 11 is 0. The van der Waals surface area contributed by atoms with Crippen molar-refractivity contribution in [2.45, 2.75) is 55.8 Å². The van der Waals surface area contributed by atoms with Crippen LogP contribution in [0.5, 0.6) is 5.75 Å². The van der Waals surface area contributed by atoms with Crippen molar-refractivity contribution >= 4 is 5.78 Å². The van der Waals surface area contributed by atoms with E-state index < -0.39 is 17.1 Å². The number of hydrogen-bond donors (Lipinski definition) is 1. The first-order valence-corrected chi connectivity index (χ1v) is 8.92. The van der Waals surface area contributed by atoms with E-state index in [2.05, 4.69) is 23.6 Å². The highest BCUT2D eigenvalue weighted by molar-refractivity contribution is 5.89. The largest absolute Gasteiger partial charge is 0.481 e. The number of likely N-dealkylation sites (tertiary alicyclic amines) is 1. The van der Waals surface area contributed by atoms with Crippen LogP contribution in [-0.2, 0) is 16.6 Å². The van der Waals surface area contributed by atoms with Crippen molar-refractivity contribution in [1.82, 2.24) is 4.90 Å². The van der Waals surface area contributed by atoms with Crippen LogP contribution in [0.4, 0.5) is 0 Å². The van der Waals surface area contributed by atoms with Gasteiger partial charge in [-0.15, -0.1) is 6.58 Å². The molecule has 4 aliphatic rings. The molecule has 1 aromatic carbocycles. The molecule has 4 heteroatoms. The van der Waals surface area contributed by atoms with E-state index in [0.717, 1.165) is 42.8 Å². The monoisotopic (exact) mass is 325 g/mol. The van der Waals surface area contributed by atoms with E-state index in [1.807, 2.05) is 13.0 Å². The third kappa shape index (κ3) is 1.42. The minimum atomic E-state index is -0.890. The summed E-state index contributed by atoms with van der Waals surface area (Å²) in [4.78, 5) is 15.1. The molecule has 1 spiro atoms. The minimum Gasteiger partial charge on any atom is -0.481 e. The minimum absolute atomic E-state index is 0.0320. The summed E-state index contributed by atoms with van der Waals surface area (Å²) in [5, 5.41) is 11.9. The first-order chi connectivity index (χ1) is 11.5. The molecule has 2 aliphatic heterocycles. The molecule has 24 heavy (non-hydrogen) atoms. The molecule has 0 unspecified atom stereocenters. The summed E-state index contributed by atoms with van der Waals surface area (Å²) in [6.07, 6.45) is 3.93. The summed E-state index contributed by atoms with van der Waals surface area (Å²) < 4.78 is 6.23. The van der Waals surface area contributed by atoms with E-state index in [-0.39, 0.29) is 11.8 Å². The zero-order valence-corrected chi connectivity index (χ0v) is 14.0. The normalized spacial score (nSPS) is 39.3. The summed E-state index contributed by atoms with van der Waals surface area (Å²) in [5.41, 5.74) is 2.01. The molecule has 126 valence electrons. The van der Waals surface area contributed by atoms with Crippen molar-refractivity contribution in [1.29, 1.82) is 0 Å². The fourth-order valence-electron chi connectivity index (χ4n) is 5.95. The number of carbonyl (C=O) groups is 1. The Morgan fingerprint density at radius 1 is 1.46 bits per heavy atom. The number of ether oxygens (including phenoxy) is 1. The standard InChI is InChI=1S/C20H23NO3/c1-3-9-21-10-8-19-16-13-5-4-12(2)17(16)24-18(19)14(22)6-7-20(19,23)15(21)11-13/h3-5,15,18,23H,1,6-11H2,2H3/t15-,18+,19+,20-/m0/s1. The molecule has 0 aromatic heterocycles. The predicted octanol–water partition coefficient (Wildman–Crippen LogP) is 1.90. The van der Waals surface area contributed by atoms with E-state index in [1.165, 1.54) is 5.56 Å². The molecule has 1 saturated heterocycles. The Morgan fingerprint density at radius 2 is 2.29 bits per heavy atom. The Morgan fingerprint density at radius 3 is 3.08 bits per heavy atom. The van der Waals surface area contributed by atoms with Crippen LogP contribution < -0.4 is 4.74 Å². The van der Waals surface area contributed by atoms with Crippen LogP contribution in [0.2, 0.25) is 0 Å². The summed E-state index contributed by atoms with van der Waals surface area (Å²) in [5.74, 6) is 1.01. The maximum Gasteiger partial charge on any atom is 0.174 e. The van der Waals surface area contributed by atoms with Gasteiger partial charge in [0.15, 0.2) is 11.9 Å². The van der Waals surface area contributed by atoms with Crippen LogP contribution in [0.25, 0.3) is 0 Å². The third-order valence-electron chi connectivity index (χ3n) is 6.95. The van der Waals surface area contributed by atoms with Gasteiger partial charge in [-0.2, -0.15) is 0 Å². The number of carbonyl (C=O) groups excluding carboxylic acids is 1. The van der Waals surface area contributed by atoms with Crippen LogP contribution in [0.3, 0.4) is 0 Å². The van der Waals surface area contributed by atoms with Crippen molar-refractivity contribution < 1.29 is 14.6 Å². The lowest BCUT2D eigenvalue weighted by atomic mass is 9.49. The van der Waals surface area contributed by atoms with Crippen LogP contribution in [0, 0.1) is 6.92 Å². The molecule has 2 aliphatic carbocycles. The van der Waals surface area contributed by atoms with E-state index in [0.29, 0.717) is 12.8 Å². The second kappa shape index (κ2) is 4.50. The van der Waals surface area contributed by atoms with Gasteiger partial charge in [-0.25, -0.2) is 0 Å². The molecule has 0 radical (unpaired) electrons. The van der Waals surface area contributed by atoms with Gasteiger partial charge < -0.3 is 9.84 Å². The van der Waals surface area contributed by atoms with E-state index in [9.17, 15) is 9.90 Å². The molecule has 2 bridgehead atoms. The number of Topliss-reactive ketones (excluding diaryl/α,β-unsaturated/α-hetero) is 1. The number of aliphatic hydroxyl groups is 1. The fourth-order valence-corrected chi connectivity index (χ4v) is 5.95. The van der Waals surface area contributed by atoms with E-state index in [4.69, 9.17) is 4.74 Å². The Bertz CT molecular complexity index is 772. The average Bonchev–Trinajstić information content (AvgIpc) is 2.91. The van der Waals surface area contributed by atoms with Gasteiger partial charge in [-0.3, -0.25) is 9.69 Å². The lowest BCUT2D eigenvalue weighted by molar-refractivity contribution is -0.187. The fraction of sp³-hybridized carbons (Fsp3) is 0.550. The quantitative estimate of drug-likeness (QED) is 0.844. The maximum atomic E-state index is 12.7. The molecule has 0 amide bonds. The van der Waals surface area contributed by atoms with Gasteiger partial charge in [0.1, 0.15) is 5.75 Å². The molecular weight excluding hydrogens is 302 g/mol. The van der Waals surface area contributed by atoms with Crippen LogP contribution in [0.15, 0.2) is 24.8 Å². The van der Waals surface area contributed by atoms with Crippen molar-refractivity contribution in [3.63, 3.8) is 0 Å². The first-order valence-electron chi connectivity index (χ1n) is 8.92. The molecule has 4 nitrogen and oxygen atoms in total. The summed E-state index contributed by atoms with van der Waals surface area (Å²) in [6.45, 7) is 7.56. The number of benzene rings is 1. The van der Waals surface area contributed by atoms with Gasteiger partial charge in [0.2, 0.25) is 0 Å². The van der Waals surface area contributed by atoms with Crippen molar-refractivity contribution in [3.8, 4) is 5.75 Å². The molecule has 1 aromatic rings. The van der Waals surface area contributed by atoms with Gasteiger partial charge >= 0.3 is 0 Å². The second-order valence-electron chi connectivity index (χ2n) is 7.86. The zero-order valence-electron chi connectivity index (χ0n) is 14.0. The highest BCUT2D eigenvalue weighted by Crippen LogP contribution is 2.63. The van der Waals surface area contributed by atoms with Crippen molar-refractivity contribution in [2.75, 3.05) is 13.1 Å². The molecule has 4 atom stereocenters. The van der Waals surface area contributed by atoms with Crippen molar-refractivity contribution in [3.05, 3.63) is 41.5 Å². The summed E-state index contributed by atoms with van der Waals surface area (Å²) in [7, 11) is 0. The molecule has 2 fully saturated rings. The highest BCUT2D eigenvalue weighted by atomic mass is 16.5. The predicted molar refractivity (Wildman–Crippen MR) is 90.3 cm³/mol. The first kappa shape index (κ1) is 14.7. The number of piperidine rings is 1. The van der Waals surface area contributed by atoms with E-state index >= 15 is 0 Å². The molecule has 1 saturated carbocycles. The number of aryl methyl sites for hydroxylation is 1. The van der Waals surface area contributed by atoms with Gasteiger partial charge in [0.25, 0.3) is 0 Å². The zero-order chi connectivity index (χ0) is 16.7. The van der Waals surface area contributed by atoms with Crippen LogP contribution in [-0.4, -0.2) is 46.6 Å². The second-order valence-corrected chi connectivity index (χ2v) is 7.86. The van der Waals surface area contributed by atoms with Crippen LogP contribution in [0.1, 0.15) is 36.0 Å². The molecule has 5 rings (SSSR count). The lowest BCUT2D eigenvalue weighted by Gasteiger charge is -2.62. The number of hydrogen-bond acceptors (Lipinski definition) is 4. The molecule has 1 N–H and O–H groups in total. The Balaban J connectivity index is 1.80. The van der Waals surface area contributed by atoms with Crippen molar-refractivity contribution in [2.24, 2.45) is 0 Å². The van der Waals surface area contributed by atoms with E-state index in [1.54, 1.807) is 0 Å². The number of rotatable bonds is 2. The van der Waals surface area contributed by atoms with Gasteiger partial charge in [-0.05, 0) is 37.3 Å². The Labute approximate surface area is 142 Å². The smallest absolute Gasteiger partial charge is 0.174 e. The molecular formula is C20H23NO3. The highest BCUT2D eigenvalue weighted by Gasteiger charge is 2.72. The van der Waals surface area contributed by atoms with Crippen LogP contribution >= 0.6 is 0 Å². The third-order valence-corrected chi connectivity index (χ3v) is 6.95. The number of nitrogens with zero attached hydrogens (tertiary/aromatic N) is 1. The SMILES string of the molecule is C=CCN1CC[C@@]23c4c5ccc(C)c4O[C@@H]2C(=O)CC[C@]3(O)[C@@H]1C5. The van der Waals surface area contributed by atoms with Gasteiger partial charge in [0.05, 0.1) is 11.0 Å². The summed E-state index contributed by atoms with van der Waals surface area (Å²) in [6, 6.07) is 4.29. The van der Waals surface area contributed by atoms with Gasteiger partial charge in [-0.1, -0.05) is 18.2 Å². The average molecular weight is 325 g/mol. The Kier molecular flexibility index (Phi) is 2.75.